The van der Waals surface area contributed by atoms with Crippen molar-refractivity contribution < 1.29 is 14.3 Å². The first-order valence-corrected chi connectivity index (χ1v) is 11.5. The zero-order valence-corrected chi connectivity index (χ0v) is 18.8. The molecule has 0 aromatic carbocycles. The molecule has 0 bridgehead atoms. The predicted octanol–water partition coefficient (Wildman–Crippen LogP) is 2.06. The zero-order chi connectivity index (χ0) is 22.7. The van der Waals surface area contributed by atoms with Crippen LogP contribution in [0.15, 0.2) is 17.2 Å². The molecule has 9 nitrogen and oxygen atoms in total. The number of H-pyrrole nitrogens is 1. The Hall–Kier alpha value is -2.81. The van der Waals surface area contributed by atoms with Gasteiger partial charge in [0.2, 0.25) is 5.91 Å². The second-order valence-corrected chi connectivity index (χ2v) is 8.92. The second-order valence-electron chi connectivity index (χ2n) is 8.92. The Balaban J connectivity index is 1.24. The number of nitrogens with one attached hydrogen (secondary N) is 1. The van der Waals surface area contributed by atoms with Crippen molar-refractivity contribution in [3.05, 3.63) is 45.4 Å². The summed E-state index contributed by atoms with van der Waals surface area (Å²) in [5.41, 5.74) is 1.94. The highest BCUT2D eigenvalue weighted by atomic mass is 16.5. The topological polar surface area (TPSA) is 110 Å². The third kappa shape index (κ3) is 4.98. The van der Waals surface area contributed by atoms with Crippen LogP contribution in [0.4, 0.5) is 0 Å². The van der Waals surface area contributed by atoms with E-state index in [4.69, 9.17) is 4.74 Å². The molecule has 172 valence electrons. The first-order chi connectivity index (χ1) is 15.4. The number of Topliss-reactive ketones (excluding diaryl/α,β-unsaturated/α-hetero) is 1. The number of aromatic nitrogens is 4. The van der Waals surface area contributed by atoms with Crippen LogP contribution in [0.1, 0.15) is 73.0 Å². The molecule has 1 saturated heterocycles. The van der Waals surface area contributed by atoms with Crippen LogP contribution in [0.25, 0.3) is 0 Å². The third-order valence-corrected chi connectivity index (χ3v) is 6.32. The first kappa shape index (κ1) is 22.4. The van der Waals surface area contributed by atoms with E-state index in [-0.39, 0.29) is 29.2 Å². The van der Waals surface area contributed by atoms with Crippen LogP contribution >= 0.6 is 0 Å². The number of fused-ring (bicyclic) bond motifs is 1. The molecular formula is C23H31N5O4. The number of nitrogens with zero attached hydrogens (tertiary/aromatic N) is 4. The minimum Gasteiger partial charge on any atom is -0.376 e. The highest BCUT2D eigenvalue weighted by Gasteiger charge is 2.28. The van der Waals surface area contributed by atoms with Gasteiger partial charge in [-0.3, -0.25) is 19.1 Å². The van der Waals surface area contributed by atoms with E-state index < -0.39 is 0 Å². The Kier molecular flexibility index (Phi) is 6.83. The fraction of sp³-hybridized carbons (Fsp3) is 0.609. The standard InChI is InChI=1S/C23H31N5O4/c1-15(2)28-13-17(12-24-28)22(30)16-6-9-27(10-7-16)21(29)5-3-4-20-25-19-8-11-32-14-18(19)23(31)26-20/h12-13,15-16H,3-11,14H2,1-2H3,(H,25,26,31). The molecule has 1 N–H and O–H groups in total. The van der Waals surface area contributed by atoms with Crippen molar-refractivity contribution in [1.29, 1.82) is 0 Å². The highest BCUT2D eigenvalue weighted by Crippen LogP contribution is 2.23. The lowest BCUT2D eigenvalue weighted by Crippen LogP contribution is -2.40. The molecule has 2 aromatic heterocycles. The van der Waals surface area contributed by atoms with Crippen molar-refractivity contribution in [2.75, 3.05) is 19.7 Å². The number of aryl methyl sites for hydroxylation is 1. The van der Waals surface area contributed by atoms with E-state index in [1.54, 1.807) is 10.9 Å². The van der Waals surface area contributed by atoms with Crippen LogP contribution < -0.4 is 5.56 Å². The Morgan fingerprint density at radius 1 is 1.28 bits per heavy atom. The number of amides is 1. The summed E-state index contributed by atoms with van der Waals surface area (Å²) in [4.78, 5) is 46.8. The van der Waals surface area contributed by atoms with Crippen molar-refractivity contribution in [2.24, 2.45) is 5.92 Å². The van der Waals surface area contributed by atoms with Gasteiger partial charge >= 0.3 is 0 Å². The summed E-state index contributed by atoms with van der Waals surface area (Å²) in [5, 5.41) is 4.26. The molecule has 4 heterocycles. The van der Waals surface area contributed by atoms with Crippen LogP contribution in [-0.2, 0) is 29.0 Å². The van der Waals surface area contributed by atoms with Crippen LogP contribution in [0, 0.1) is 5.92 Å². The Labute approximate surface area is 187 Å². The van der Waals surface area contributed by atoms with E-state index in [2.05, 4.69) is 15.1 Å². The van der Waals surface area contributed by atoms with Gasteiger partial charge in [0.25, 0.3) is 5.56 Å². The third-order valence-electron chi connectivity index (χ3n) is 6.32. The minimum atomic E-state index is -0.137. The first-order valence-electron chi connectivity index (χ1n) is 11.5. The molecule has 2 aliphatic rings. The monoisotopic (exact) mass is 441 g/mol. The zero-order valence-electron chi connectivity index (χ0n) is 18.8. The number of ether oxygens (including phenoxy) is 1. The molecule has 0 saturated carbocycles. The molecule has 32 heavy (non-hydrogen) atoms. The summed E-state index contributed by atoms with van der Waals surface area (Å²) < 4.78 is 7.11. The fourth-order valence-corrected chi connectivity index (χ4v) is 4.35. The SMILES string of the molecule is CC(C)n1cc(C(=O)C2CCN(C(=O)CCCc3nc4c(c(=O)[nH]3)COCC4)CC2)cn1. The molecule has 0 spiro atoms. The normalized spacial score (nSPS) is 16.9. The van der Waals surface area contributed by atoms with E-state index in [9.17, 15) is 14.4 Å². The summed E-state index contributed by atoms with van der Waals surface area (Å²) in [6.07, 6.45) is 7.07. The number of rotatable bonds is 7. The molecule has 0 radical (unpaired) electrons. The molecule has 0 aliphatic carbocycles. The van der Waals surface area contributed by atoms with E-state index in [1.165, 1.54) is 0 Å². The van der Waals surface area contributed by atoms with E-state index in [1.807, 2.05) is 24.9 Å². The van der Waals surface area contributed by atoms with Gasteiger partial charge in [-0.2, -0.15) is 5.10 Å². The maximum absolute atomic E-state index is 12.8. The van der Waals surface area contributed by atoms with Crippen LogP contribution in [0.2, 0.25) is 0 Å². The summed E-state index contributed by atoms with van der Waals surface area (Å²) in [6, 6.07) is 0.222. The molecule has 1 fully saturated rings. The number of likely N-dealkylation sites (tertiary alicyclic amines) is 1. The van der Waals surface area contributed by atoms with Crippen molar-refractivity contribution in [2.45, 2.75) is 65.0 Å². The molecule has 0 atom stereocenters. The number of carbonyl (C=O) groups excluding carboxylic acids is 2. The Morgan fingerprint density at radius 2 is 2.06 bits per heavy atom. The summed E-state index contributed by atoms with van der Waals surface area (Å²) in [7, 11) is 0. The smallest absolute Gasteiger partial charge is 0.256 e. The van der Waals surface area contributed by atoms with Gasteiger partial charge in [0.05, 0.1) is 36.2 Å². The second kappa shape index (κ2) is 9.77. The van der Waals surface area contributed by atoms with Gasteiger partial charge < -0.3 is 14.6 Å². The average molecular weight is 442 g/mol. The largest absolute Gasteiger partial charge is 0.376 e. The van der Waals surface area contributed by atoms with Gasteiger partial charge in [-0.15, -0.1) is 0 Å². The number of aromatic amines is 1. The number of hydrogen-bond donors (Lipinski definition) is 1. The summed E-state index contributed by atoms with van der Waals surface area (Å²) in [6.45, 7) is 6.15. The Morgan fingerprint density at radius 3 is 2.78 bits per heavy atom. The van der Waals surface area contributed by atoms with E-state index in [0.717, 1.165) is 5.69 Å². The minimum absolute atomic E-state index is 0.0578. The maximum atomic E-state index is 12.8. The molecule has 4 rings (SSSR count). The van der Waals surface area contributed by atoms with Crippen LogP contribution in [-0.4, -0.2) is 56.0 Å². The van der Waals surface area contributed by atoms with Crippen LogP contribution in [0.3, 0.4) is 0 Å². The van der Waals surface area contributed by atoms with Gasteiger partial charge in [0.1, 0.15) is 5.82 Å². The van der Waals surface area contributed by atoms with Crippen molar-refractivity contribution in [3.8, 4) is 0 Å². The number of carbonyl (C=O) groups is 2. The van der Waals surface area contributed by atoms with Crippen molar-refractivity contribution in [3.63, 3.8) is 0 Å². The molecular weight excluding hydrogens is 410 g/mol. The van der Waals surface area contributed by atoms with Crippen molar-refractivity contribution in [1.82, 2.24) is 24.6 Å². The Bertz CT molecular complexity index is 1030. The van der Waals surface area contributed by atoms with E-state index >= 15 is 0 Å². The average Bonchev–Trinajstić information content (AvgIpc) is 3.29. The lowest BCUT2D eigenvalue weighted by molar-refractivity contribution is -0.132. The lowest BCUT2D eigenvalue weighted by atomic mass is 9.90. The molecule has 2 aliphatic heterocycles. The molecule has 2 aromatic rings. The molecule has 9 heteroatoms. The van der Waals surface area contributed by atoms with Gasteiger partial charge in [0, 0.05) is 50.5 Å². The highest BCUT2D eigenvalue weighted by molar-refractivity contribution is 5.97. The summed E-state index contributed by atoms with van der Waals surface area (Å²) in [5.74, 6) is 0.793. The quantitative estimate of drug-likeness (QED) is 0.659. The number of ketones is 1. The van der Waals surface area contributed by atoms with Crippen molar-refractivity contribution >= 4 is 11.7 Å². The van der Waals surface area contributed by atoms with E-state index in [0.29, 0.717) is 81.8 Å². The summed E-state index contributed by atoms with van der Waals surface area (Å²) >= 11 is 0. The predicted molar refractivity (Wildman–Crippen MR) is 117 cm³/mol. The molecule has 0 unspecified atom stereocenters. The van der Waals surface area contributed by atoms with Gasteiger partial charge in [-0.05, 0) is 33.1 Å². The van der Waals surface area contributed by atoms with Gasteiger partial charge in [0.15, 0.2) is 5.78 Å². The fourth-order valence-electron chi connectivity index (χ4n) is 4.35. The number of hydrogen-bond acceptors (Lipinski definition) is 6. The molecule has 1 amide bonds. The van der Waals surface area contributed by atoms with Gasteiger partial charge in [-0.1, -0.05) is 0 Å². The lowest BCUT2D eigenvalue weighted by Gasteiger charge is -2.31. The number of piperidine rings is 1. The maximum Gasteiger partial charge on any atom is 0.256 e. The van der Waals surface area contributed by atoms with Crippen LogP contribution in [0.5, 0.6) is 0 Å². The van der Waals surface area contributed by atoms with Gasteiger partial charge in [-0.25, -0.2) is 4.98 Å².